The number of aromatic nitrogens is 7. The zero-order valence-corrected chi connectivity index (χ0v) is 18.0. The van der Waals surface area contributed by atoms with Gasteiger partial charge in [-0.15, -0.1) is 0 Å². The van der Waals surface area contributed by atoms with E-state index >= 15 is 0 Å². The van der Waals surface area contributed by atoms with Crippen LogP contribution in [0.4, 0.5) is 5.69 Å². The van der Waals surface area contributed by atoms with Crippen molar-refractivity contribution in [2.75, 3.05) is 5.32 Å². The molecular weight excluding hydrogens is 404 g/mol. The molecule has 5 aromatic rings. The van der Waals surface area contributed by atoms with Crippen molar-refractivity contribution >= 4 is 22.5 Å². The zero-order valence-electron chi connectivity index (χ0n) is 18.0. The van der Waals surface area contributed by atoms with E-state index in [1.54, 1.807) is 40.9 Å². The van der Waals surface area contributed by atoms with E-state index in [0.29, 0.717) is 23.5 Å². The normalized spacial score (nSPS) is 11.2. The second-order valence-electron chi connectivity index (χ2n) is 7.77. The van der Waals surface area contributed by atoms with Gasteiger partial charge in [0.25, 0.3) is 5.91 Å². The molecule has 160 valence electrons. The maximum absolute atomic E-state index is 12.4. The summed E-state index contributed by atoms with van der Waals surface area (Å²) in [5, 5.41) is 19.7. The first-order chi connectivity index (χ1) is 15.5. The van der Waals surface area contributed by atoms with E-state index in [9.17, 15) is 4.79 Å². The molecule has 0 fully saturated rings. The molecule has 9 nitrogen and oxygen atoms in total. The van der Waals surface area contributed by atoms with Gasteiger partial charge in [0.2, 0.25) is 0 Å². The van der Waals surface area contributed by atoms with Crippen LogP contribution < -0.4 is 5.32 Å². The molecule has 0 unspecified atom stereocenters. The van der Waals surface area contributed by atoms with Crippen LogP contribution in [0.1, 0.15) is 27.3 Å². The van der Waals surface area contributed by atoms with Crippen LogP contribution >= 0.6 is 0 Å². The first kappa shape index (κ1) is 19.7. The van der Waals surface area contributed by atoms with Crippen molar-refractivity contribution in [1.29, 1.82) is 0 Å². The fourth-order valence-electron chi connectivity index (χ4n) is 3.72. The van der Waals surface area contributed by atoms with E-state index in [4.69, 9.17) is 4.98 Å². The number of fused-ring (bicyclic) bond motifs is 1. The minimum Gasteiger partial charge on any atom is -0.319 e. The van der Waals surface area contributed by atoms with Crippen molar-refractivity contribution < 1.29 is 4.79 Å². The molecule has 2 aromatic carbocycles. The van der Waals surface area contributed by atoms with Crippen molar-refractivity contribution in [2.24, 2.45) is 14.1 Å². The Labute approximate surface area is 184 Å². The molecule has 0 aliphatic rings. The number of amides is 1. The highest BCUT2D eigenvalue weighted by atomic mass is 16.1. The molecule has 1 amide bonds. The molecule has 3 aromatic heterocycles. The number of nitrogens with zero attached hydrogens (tertiary/aromatic N) is 6. The number of hydrogen-bond donors (Lipinski definition) is 2. The lowest BCUT2D eigenvalue weighted by Crippen LogP contribution is -2.11. The summed E-state index contributed by atoms with van der Waals surface area (Å²) in [4.78, 5) is 17.2. The molecule has 0 radical (unpaired) electrons. The Bertz CT molecular complexity index is 1420. The summed E-state index contributed by atoms with van der Waals surface area (Å²) in [6, 6.07) is 11.4. The highest BCUT2D eigenvalue weighted by Crippen LogP contribution is 2.23. The van der Waals surface area contributed by atoms with Gasteiger partial charge in [-0.3, -0.25) is 19.3 Å². The largest absolute Gasteiger partial charge is 0.319 e. The Balaban J connectivity index is 1.35. The topological polar surface area (TPSA) is 106 Å². The lowest BCUT2D eigenvalue weighted by atomic mass is 10.0. The highest BCUT2D eigenvalue weighted by Gasteiger charge is 2.14. The van der Waals surface area contributed by atoms with Gasteiger partial charge in [-0.2, -0.15) is 15.3 Å². The van der Waals surface area contributed by atoms with Gasteiger partial charge < -0.3 is 5.32 Å². The monoisotopic (exact) mass is 426 g/mol. The maximum atomic E-state index is 12.4. The van der Waals surface area contributed by atoms with Gasteiger partial charge in [0.15, 0.2) is 5.82 Å². The third kappa shape index (κ3) is 3.64. The number of anilines is 1. The number of H-pyrrole nitrogens is 1. The van der Waals surface area contributed by atoms with Crippen molar-refractivity contribution in [3.8, 4) is 11.4 Å². The van der Waals surface area contributed by atoms with E-state index in [1.165, 1.54) is 11.1 Å². The maximum Gasteiger partial charge on any atom is 0.255 e. The fraction of sp³-hybridized carbons (Fsp3) is 0.174. The number of benzene rings is 2. The highest BCUT2D eigenvalue weighted by molar-refractivity contribution is 6.04. The van der Waals surface area contributed by atoms with Crippen LogP contribution in [0.2, 0.25) is 0 Å². The number of carbonyl (C=O) groups excluding carboxylic acids is 1. The fourth-order valence-corrected chi connectivity index (χ4v) is 3.72. The molecule has 0 atom stereocenters. The van der Waals surface area contributed by atoms with Crippen molar-refractivity contribution in [1.82, 2.24) is 34.7 Å². The first-order valence-corrected chi connectivity index (χ1v) is 10.2. The van der Waals surface area contributed by atoms with Crippen molar-refractivity contribution in [2.45, 2.75) is 13.3 Å². The van der Waals surface area contributed by atoms with Gasteiger partial charge in [0.1, 0.15) is 5.82 Å². The third-order valence-corrected chi connectivity index (χ3v) is 5.58. The lowest BCUT2D eigenvalue weighted by molar-refractivity contribution is 0.102. The summed E-state index contributed by atoms with van der Waals surface area (Å²) in [5.74, 6) is 1.30. The van der Waals surface area contributed by atoms with Crippen LogP contribution in [0.5, 0.6) is 0 Å². The Morgan fingerprint density at radius 3 is 2.66 bits per heavy atom. The number of carbonyl (C=O) groups is 1. The smallest absolute Gasteiger partial charge is 0.255 e. The van der Waals surface area contributed by atoms with Crippen LogP contribution in [-0.4, -0.2) is 40.6 Å². The Morgan fingerprint density at radius 2 is 1.91 bits per heavy atom. The number of aryl methyl sites for hydroxylation is 3. The second kappa shape index (κ2) is 7.77. The van der Waals surface area contributed by atoms with Gasteiger partial charge in [0, 0.05) is 43.2 Å². The molecule has 5 rings (SSSR count). The molecule has 0 aliphatic carbocycles. The van der Waals surface area contributed by atoms with E-state index in [0.717, 1.165) is 22.3 Å². The third-order valence-electron chi connectivity index (χ3n) is 5.58. The lowest BCUT2D eigenvalue weighted by Gasteiger charge is -2.06. The van der Waals surface area contributed by atoms with E-state index < -0.39 is 0 Å². The van der Waals surface area contributed by atoms with Gasteiger partial charge in [0.05, 0.1) is 23.6 Å². The van der Waals surface area contributed by atoms with E-state index in [-0.39, 0.29) is 5.91 Å². The summed E-state index contributed by atoms with van der Waals surface area (Å²) in [6.07, 6.45) is 5.87. The molecule has 9 heteroatoms. The van der Waals surface area contributed by atoms with Crippen LogP contribution in [-0.2, 0) is 20.5 Å². The summed E-state index contributed by atoms with van der Waals surface area (Å²) in [5.41, 5.74) is 5.46. The van der Waals surface area contributed by atoms with Gasteiger partial charge in [-0.1, -0.05) is 18.2 Å². The standard InChI is InChI=1S/C23H22N8O/c1-14-17(8-9-20-19(14)12-24-28-20)10-21-27-22(29-31(21)3)15-4-6-16(7-5-15)23(32)26-18-11-25-30(2)13-18/h4-9,11-13H,10H2,1-3H3,(H,24,28)(H,26,32). The van der Waals surface area contributed by atoms with Crippen molar-refractivity contribution in [3.63, 3.8) is 0 Å². The quantitative estimate of drug-likeness (QED) is 0.449. The van der Waals surface area contributed by atoms with Gasteiger partial charge in [-0.25, -0.2) is 4.98 Å². The average Bonchev–Trinajstić information content (AvgIpc) is 3.51. The summed E-state index contributed by atoms with van der Waals surface area (Å²) in [7, 11) is 3.70. The van der Waals surface area contributed by atoms with Crippen LogP contribution in [0.3, 0.4) is 0 Å². The zero-order chi connectivity index (χ0) is 22.2. The summed E-state index contributed by atoms with van der Waals surface area (Å²) >= 11 is 0. The van der Waals surface area contributed by atoms with E-state index in [2.05, 4.69) is 38.7 Å². The molecular formula is C23H22N8O. The molecule has 0 bridgehead atoms. The molecule has 0 saturated carbocycles. The molecule has 0 saturated heterocycles. The Kier molecular flexibility index (Phi) is 4.78. The molecule has 0 aliphatic heterocycles. The predicted molar refractivity (Wildman–Crippen MR) is 121 cm³/mol. The number of rotatable bonds is 5. The SMILES string of the molecule is Cc1c(Cc2nc(-c3ccc(C(=O)Nc4cnn(C)c4)cc3)nn2C)ccc2[nH]ncc12. The first-order valence-electron chi connectivity index (χ1n) is 10.2. The van der Waals surface area contributed by atoms with Crippen LogP contribution in [0, 0.1) is 6.92 Å². The van der Waals surface area contributed by atoms with Crippen LogP contribution in [0.25, 0.3) is 22.3 Å². The van der Waals surface area contributed by atoms with Crippen LogP contribution in [0.15, 0.2) is 55.0 Å². The second-order valence-corrected chi connectivity index (χ2v) is 7.77. The minimum absolute atomic E-state index is 0.190. The average molecular weight is 426 g/mol. The van der Waals surface area contributed by atoms with Gasteiger partial charge >= 0.3 is 0 Å². The summed E-state index contributed by atoms with van der Waals surface area (Å²) < 4.78 is 3.44. The molecule has 32 heavy (non-hydrogen) atoms. The molecule has 3 heterocycles. The Hall–Kier alpha value is -4.27. The number of nitrogens with one attached hydrogen (secondary N) is 2. The van der Waals surface area contributed by atoms with Crippen molar-refractivity contribution in [3.05, 3.63) is 77.5 Å². The minimum atomic E-state index is -0.190. The number of hydrogen-bond acceptors (Lipinski definition) is 5. The predicted octanol–water partition coefficient (Wildman–Crippen LogP) is 3.24. The van der Waals surface area contributed by atoms with Gasteiger partial charge in [-0.05, 0) is 36.2 Å². The molecule has 2 N–H and O–H groups in total. The number of aromatic amines is 1. The van der Waals surface area contributed by atoms with E-state index in [1.807, 2.05) is 31.4 Å². The Morgan fingerprint density at radius 1 is 1.09 bits per heavy atom. The summed E-state index contributed by atoms with van der Waals surface area (Å²) in [6.45, 7) is 2.10. The molecule has 0 spiro atoms.